The number of rotatable bonds is 11. The van der Waals surface area contributed by atoms with E-state index in [1.165, 1.54) is 32.0 Å². The number of aryl methyl sites for hydroxylation is 1. The molecule has 4 atom stereocenters. The first-order chi connectivity index (χ1) is 32.6. The molecule has 0 aromatic heterocycles. The van der Waals surface area contributed by atoms with Crippen molar-refractivity contribution in [3.8, 4) is 11.5 Å². The lowest BCUT2D eigenvalue weighted by Crippen LogP contribution is -2.54. The van der Waals surface area contributed by atoms with Crippen molar-refractivity contribution in [2.75, 3.05) is 28.6 Å². The number of anilines is 3. The minimum atomic E-state index is -2.28. The van der Waals surface area contributed by atoms with Crippen molar-refractivity contribution in [3.63, 3.8) is 0 Å². The maximum Gasteiger partial charge on any atom is 0.411 e. The van der Waals surface area contributed by atoms with Crippen LogP contribution in [-0.2, 0) is 55.3 Å². The Morgan fingerprint density at radius 1 is 0.765 bits per heavy atom. The van der Waals surface area contributed by atoms with Crippen LogP contribution in [0.15, 0.2) is 78.9 Å². The number of hydrogen-bond donors (Lipinski definition) is 5. The number of carbonyl (C=O) groups is 5. The fourth-order valence-corrected chi connectivity index (χ4v) is 9.35. The largest absolute Gasteiger partial charge is 0.456 e. The van der Waals surface area contributed by atoms with Gasteiger partial charge in [-0.15, -0.1) is 0 Å². The number of esters is 1. The Balaban J connectivity index is 0.925. The molecule has 68 heavy (non-hydrogen) atoms. The lowest BCUT2D eigenvalue weighted by Gasteiger charge is -2.41. The molecule has 1 spiro atoms. The summed E-state index contributed by atoms with van der Waals surface area (Å²) >= 11 is 0. The van der Waals surface area contributed by atoms with E-state index in [0.717, 1.165) is 54.7 Å². The zero-order valence-corrected chi connectivity index (χ0v) is 36.9. The molecule has 4 aliphatic heterocycles. The molecule has 14 nitrogen and oxygen atoms in total. The highest BCUT2D eigenvalue weighted by Gasteiger charge is 2.58. The highest BCUT2D eigenvalue weighted by Crippen LogP contribution is 2.60. The summed E-state index contributed by atoms with van der Waals surface area (Å²) in [5, 5.41) is 10.6. The van der Waals surface area contributed by atoms with Crippen molar-refractivity contribution in [2.24, 2.45) is 5.73 Å². The highest BCUT2D eigenvalue weighted by molar-refractivity contribution is 5.99. The van der Waals surface area contributed by atoms with Crippen LogP contribution in [0.25, 0.3) is 0 Å². The fraction of sp³-hybridized carbons (Fsp3) is 0.300. The molecule has 0 saturated carbocycles. The molecule has 4 aliphatic rings. The van der Waals surface area contributed by atoms with Crippen LogP contribution < -0.4 is 36.6 Å². The van der Waals surface area contributed by atoms with Crippen LogP contribution in [0.5, 0.6) is 11.5 Å². The molecule has 352 valence electrons. The first-order valence-corrected chi connectivity index (χ1v) is 22.2. The lowest BCUT2D eigenvalue weighted by molar-refractivity contribution is -0.130. The van der Waals surface area contributed by atoms with Crippen LogP contribution in [-0.4, -0.2) is 61.0 Å². The van der Waals surface area contributed by atoms with Gasteiger partial charge in [0.15, 0.2) is 28.9 Å². The van der Waals surface area contributed by atoms with E-state index in [1.54, 1.807) is 42.5 Å². The van der Waals surface area contributed by atoms with E-state index < -0.39 is 87.9 Å². The average molecular weight is 935 g/mol. The summed E-state index contributed by atoms with van der Waals surface area (Å²) in [5.74, 6) is -10.7. The van der Waals surface area contributed by atoms with E-state index in [9.17, 15) is 28.4 Å². The smallest absolute Gasteiger partial charge is 0.411 e. The van der Waals surface area contributed by atoms with Gasteiger partial charge in [-0.3, -0.25) is 19.7 Å². The van der Waals surface area contributed by atoms with Gasteiger partial charge in [-0.1, -0.05) is 42.5 Å². The van der Waals surface area contributed by atoms with Gasteiger partial charge in [-0.25, -0.2) is 27.2 Å². The number of nitrogens with zero attached hydrogens (tertiary/aromatic N) is 1. The molecule has 0 fully saturated rings. The monoisotopic (exact) mass is 934 g/mol. The first-order valence-electron chi connectivity index (χ1n) is 22.2. The Morgan fingerprint density at radius 2 is 1.49 bits per heavy atom. The van der Waals surface area contributed by atoms with Gasteiger partial charge in [0.2, 0.25) is 17.7 Å². The number of nitrogens with two attached hydrogens (primary N) is 1. The van der Waals surface area contributed by atoms with Gasteiger partial charge in [0, 0.05) is 59.3 Å². The SMILES string of the molecule is CC(N)C(=O)NC(C)C(=O)NC(Cc1ccccc1)C(=O)Nc1ccc(COC(=O)Nc2ccc3c(c2)Oc2c(cc4c5c2CCCN5CCCC4)C32OC(=O)c3c(F)c(F)c(F)c(F)c32)cc1. The summed E-state index contributed by atoms with van der Waals surface area (Å²) in [5.41, 5.74) is 6.03. The molecule has 0 bridgehead atoms. The van der Waals surface area contributed by atoms with E-state index in [-0.39, 0.29) is 41.3 Å². The third-order valence-electron chi connectivity index (χ3n) is 12.7. The van der Waals surface area contributed by atoms with E-state index in [4.69, 9.17) is 19.9 Å². The molecule has 6 N–H and O–H groups in total. The van der Waals surface area contributed by atoms with Gasteiger partial charge in [0.1, 0.15) is 35.8 Å². The van der Waals surface area contributed by atoms with Crippen LogP contribution in [0.1, 0.15) is 82.4 Å². The Bertz CT molecular complexity index is 2880. The molecular weight excluding hydrogens is 889 g/mol. The maximum atomic E-state index is 16.2. The van der Waals surface area contributed by atoms with Crippen molar-refractivity contribution in [1.29, 1.82) is 0 Å². The number of ether oxygens (including phenoxy) is 3. The summed E-state index contributed by atoms with van der Waals surface area (Å²) in [6.45, 7) is 4.33. The zero-order chi connectivity index (χ0) is 48.0. The lowest BCUT2D eigenvalue weighted by atomic mass is 9.75. The van der Waals surface area contributed by atoms with Gasteiger partial charge in [-0.2, -0.15) is 0 Å². The van der Waals surface area contributed by atoms with E-state index in [0.29, 0.717) is 24.1 Å². The normalized spacial score (nSPS) is 17.7. The molecule has 4 unspecified atom stereocenters. The number of nitrogens with one attached hydrogen (secondary N) is 4. The first kappa shape index (κ1) is 45.7. The van der Waals surface area contributed by atoms with Crippen molar-refractivity contribution >= 4 is 46.8 Å². The van der Waals surface area contributed by atoms with Crippen molar-refractivity contribution < 1.29 is 55.7 Å². The summed E-state index contributed by atoms with van der Waals surface area (Å²) < 4.78 is 79.5. The maximum absolute atomic E-state index is 16.2. The number of fused-ring (bicyclic) bond motifs is 7. The molecule has 5 aromatic rings. The average Bonchev–Trinajstić information content (AvgIpc) is 3.47. The van der Waals surface area contributed by atoms with E-state index in [2.05, 4.69) is 26.2 Å². The van der Waals surface area contributed by atoms with Crippen LogP contribution in [0.4, 0.5) is 39.4 Å². The van der Waals surface area contributed by atoms with Crippen molar-refractivity contribution in [2.45, 2.75) is 82.7 Å². The third-order valence-corrected chi connectivity index (χ3v) is 12.7. The molecule has 0 radical (unpaired) electrons. The molecule has 9 rings (SSSR count). The van der Waals surface area contributed by atoms with Gasteiger partial charge < -0.3 is 40.8 Å². The summed E-state index contributed by atoms with van der Waals surface area (Å²) in [6, 6.07) is 18.5. The highest BCUT2D eigenvalue weighted by atomic mass is 19.2. The van der Waals surface area contributed by atoms with Crippen LogP contribution in [0, 0.1) is 23.3 Å². The fourth-order valence-electron chi connectivity index (χ4n) is 9.35. The second kappa shape index (κ2) is 18.3. The number of halogens is 4. The number of hydrogen-bond acceptors (Lipinski definition) is 10. The molecule has 0 saturated heterocycles. The molecule has 18 heteroatoms. The number of carbonyl (C=O) groups excluding carboxylic acids is 5. The van der Waals surface area contributed by atoms with Gasteiger partial charge in [0.25, 0.3) is 0 Å². The topological polar surface area (TPSA) is 190 Å². The summed E-state index contributed by atoms with van der Waals surface area (Å²) in [4.78, 5) is 67.6. The van der Waals surface area contributed by atoms with Gasteiger partial charge in [0.05, 0.1) is 11.6 Å². The minimum Gasteiger partial charge on any atom is -0.456 e. The zero-order valence-electron chi connectivity index (χ0n) is 36.9. The molecule has 4 heterocycles. The molecular formula is C50H46F4N6O8. The predicted octanol–water partition coefficient (Wildman–Crippen LogP) is 7.17. The predicted molar refractivity (Wildman–Crippen MR) is 240 cm³/mol. The van der Waals surface area contributed by atoms with Crippen molar-refractivity contribution in [3.05, 3.63) is 147 Å². The van der Waals surface area contributed by atoms with Crippen LogP contribution in [0.3, 0.4) is 0 Å². The Labute approximate surface area is 387 Å². The third kappa shape index (κ3) is 8.33. The van der Waals surface area contributed by atoms with Gasteiger partial charge in [-0.05, 0) is 93.0 Å². The molecule has 5 aromatic carbocycles. The second-order valence-electron chi connectivity index (χ2n) is 17.3. The Kier molecular flexibility index (Phi) is 12.3. The van der Waals surface area contributed by atoms with E-state index >= 15 is 13.2 Å². The molecule has 0 aliphatic carbocycles. The number of amides is 4. The van der Waals surface area contributed by atoms with E-state index in [1.807, 2.05) is 18.2 Å². The minimum absolute atomic E-state index is 0.00468. The summed E-state index contributed by atoms with van der Waals surface area (Å²) in [7, 11) is 0. The second-order valence-corrected chi connectivity index (χ2v) is 17.3. The van der Waals surface area contributed by atoms with Crippen LogP contribution in [0.2, 0.25) is 0 Å². The van der Waals surface area contributed by atoms with Crippen LogP contribution >= 0.6 is 0 Å². The Hall–Kier alpha value is -7.47. The van der Waals surface area contributed by atoms with Gasteiger partial charge >= 0.3 is 12.1 Å². The molecule has 4 amide bonds. The van der Waals surface area contributed by atoms with Crippen molar-refractivity contribution in [1.82, 2.24) is 10.6 Å². The quantitative estimate of drug-likeness (QED) is 0.0393. The Morgan fingerprint density at radius 3 is 2.24 bits per heavy atom. The standard InChI is InChI=1S/C50H46F4N6O8/c1-25(55)45(61)56-26(2)46(62)59-35(21-27-9-4-3-5-10-27)47(63)57-30-15-13-28(14-16-30)24-66-49(65)58-31-17-18-33-36(23-31)67-44-32-12-8-20-60-19-7-6-11-29(43(32)60)22-34(44)50(33)38-37(48(64)68-50)39(51)41(53)42(54)40(38)52/h3-5,9-10,13-18,22-23,25-26,35H,6-8,11-12,19-21,24,55H2,1-2H3,(H,56,61)(H,57,63)(H,58,65)(H,59,62). The number of benzene rings is 5. The summed E-state index contributed by atoms with van der Waals surface area (Å²) in [6.07, 6.45) is 2.90.